The summed E-state index contributed by atoms with van der Waals surface area (Å²) in [6, 6.07) is 6.33. The third kappa shape index (κ3) is 3.77. The Kier molecular flexibility index (Phi) is 5.14. The number of fused-ring (bicyclic) bond motifs is 1. The van der Waals surface area contributed by atoms with Gasteiger partial charge in [-0.1, -0.05) is 12.1 Å². The minimum absolute atomic E-state index is 0.296. The Morgan fingerprint density at radius 2 is 1.90 bits per heavy atom. The second kappa shape index (κ2) is 7.75. The molecule has 0 radical (unpaired) electrons. The average molecular weight is 396 g/mol. The predicted molar refractivity (Wildman–Crippen MR) is 115 cm³/mol. The highest BCUT2D eigenvalue weighted by Gasteiger charge is 2.21. The number of nitrogen functional groups attached to an aromatic ring is 2. The lowest BCUT2D eigenvalue weighted by atomic mass is 9.92. The normalized spacial score (nSPS) is 19.4. The number of rotatable bonds is 5. The van der Waals surface area contributed by atoms with Crippen molar-refractivity contribution in [1.29, 1.82) is 0 Å². The Morgan fingerprint density at radius 1 is 1.14 bits per heavy atom. The van der Waals surface area contributed by atoms with Gasteiger partial charge in [-0.3, -0.25) is 0 Å². The molecule has 0 amide bonds. The molecular formula is C20H28N8O. The summed E-state index contributed by atoms with van der Waals surface area (Å²) < 4.78 is 7.25. The fraction of sp³-hybridized carbons (Fsp3) is 0.450. The zero-order chi connectivity index (χ0) is 20.5. The van der Waals surface area contributed by atoms with Crippen LogP contribution in [0.15, 0.2) is 18.2 Å². The van der Waals surface area contributed by atoms with E-state index in [1.165, 1.54) is 0 Å². The van der Waals surface area contributed by atoms with Crippen molar-refractivity contribution in [2.75, 3.05) is 23.9 Å². The molecule has 0 unspecified atom stereocenters. The van der Waals surface area contributed by atoms with Gasteiger partial charge in [-0.25, -0.2) is 4.98 Å². The van der Waals surface area contributed by atoms with Crippen molar-refractivity contribution in [3.63, 3.8) is 0 Å². The maximum atomic E-state index is 6.22. The lowest BCUT2D eigenvalue weighted by Crippen LogP contribution is -2.33. The zero-order valence-corrected chi connectivity index (χ0v) is 16.9. The van der Waals surface area contributed by atoms with Crippen LogP contribution in [0.4, 0.5) is 17.5 Å². The van der Waals surface area contributed by atoms with E-state index in [-0.39, 0.29) is 0 Å². The van der Waals surface area contributed by atoms with Gasteiger partial charge in [-0.05, 0) is 37.3 Å². The van der Waals surface area contributed by atoms with Gasteiger partial charge in [0.25, 0.3) is 0 Å². The summed E-state index contributed by atoms with van der Waals surface area (Å²) in [5, 5.41) is 3.41. The van der Waals surface area contributed by atoms with Crippen molar-refractivity contribution in [1.82, 2.24) is 19.5 Å². The van der Waals surface area contributed by atoms with E-state index in [2.05, 4.69) is 20.3 Å². The Balaban J connectivity index is 1.62. The summed E-state index contributed by atoms with van der Waals surface area (Å²) in [5.41, 5.74) is 21.3. The molecule has 0 bridgehead atoms. The smallest absolute Gasteiger partial charge is 0.226 e. The molecule has 9 heteroatoms. The SMILES string of the molecule is COc1cccc(Cc2nc3c(N)nc(NC4CCC(N)CC4)nc3n2C)c1N. The fourth-order valence-corrected chi connectivity index (χ4v) is 3.89. The van der Waals surface area contributed by atoms with E-state index in [0.29, 0.717) is 52.9 Å². The first-order chi connectivity index (χ1) is 14.0. The summed E-state index contributed by atoms with van der Waals surface area (Å²) in [7, 11) is 3.53. The second-order valence-corrected chi connectivity index (χ2v) is 7.66. The number of nitrogens with one attached hydrogen (secondary N) is 1. The first-order valence-electron chi connectivity index (χ1n) is 9.88. The molecule has 2 heterocycles. The number of nitrogens with two attached hydrogens (primary N) is 3. The number of aromatic nitrogens is 4. The predicted octanol–water partition coefficient (Wildman–Crippen LogP) is 1.81. The van der Waals surface area contributed by atoms with Gasteiger partial charge >= 0.3 is 0 Å². The molecule has 7 N–H and O–H groups in total. The molecular weight excluding hydrogens is 368 g/mol. The molecule has 1 aromatic carbocycles. The molecule has 1 aliphatic carbocycles. The Labute approximate surface area is 169 Å². The van der Waals surface area contributed by atoms with Crippen LogP contribution in [-0.4, -0.2) is 38.7 Å². The largest absolute Gasteiger partial charge is 0.495 e. The minimum atomic E-state index is 0.296. The number of imidazole rings is 1. The molecule has 3 aromatic rings. The molecule has 2 aromatic heterocycles. The molecule has 0 spiro atoms. The summed E-state index contributed by atoms with van der Waals surface area (Å²) in [4.78, 5) is 13.8. The average Bonchev–Trinajstić information content (AvgIpc) is 3.02. The number of aryl methyl sites for hydroxylation is 1. The van der Waals surface area contributed by atoms with E-state index in [9.17, 15) is 0 Å². The number of benzene rings is 1. The van der Waals surface area contributed by atoms with Gasteiger partial charge in [0.1, 0.15) is 11.6 Å². The van der Waals surface area contributed by atoms with Crippen molar-refractivity contribution in [2.45, 2.75) is 44.2 Å². The molecule has 0 saturated heterocycles. The van der Waals surface area contributed by atoms with Crippen LogP contribution < -0.4 is 27.3 Å². The number of ether oxygens (including phenoxy) is 1. The van der Waals surface area contributed by atoms with Crippen LogP contribution in [0.25, 0.3) is 11.2 Å². The number of anilines is 3. The van der Waals surface area contributed by atoms with E-state index in [1.54, 1.807) is 7.11 Å². The lowest BCUT2D eigenvalue weighted by Gasteiger charge is -2.26. The number of hydrogen-bond donors (Lipinski definition) is 4. The van der Waals surface area contributed by atoms with Crippen LogP contribution in [0.5, 0.6) is 5.75 Å². The van der Waals surface area contributed by atoms with Gasteiger partial charge in [0.05, 0.1) is 12.8 Å². The molecule has 4 rings (SSSR count). The Hall–Kier alpha value is -3.07. The monoisotopic (exact) mass is 396 g/mol. The minimum Gasteiger partial charge on any atom is -0.495 e. The molecule has 0 aliphatic heterocycles. The number of methoxy groups -OCH3 is 1. The maximum Gasteiger partial charge on any atom is 0.226 e. The number of para-hydroxylation sites is 1. The van der Waals surface area contributed by atoms with Crippen molar-refractivity contribution in [2.24, 2.45) is 12.8 Å². The van der Waals surface area contributed by atoms with Gasteiger partial charge in [-0.15, -0.1) is 0 Å². The Bertz CT molecular complexity index is 1020. The van der Waals surface area contributed by atoms with Gasteiger partial charge in [-0.2, -0.15) is 9.97 Å². The third-order valence-corrected chi connectivity index (χ3v) is 5.67. The van der Waals surface area contributed by atoms with Crippen LogP contribution in [-0.2, 0) is 13.5 Å². The van der Waals surface area contributed by atoms with E-state index >= 15 is 0 Å². The first kappa shape index (κ1) is 19.3. The number of nitrogens with zero attached hydrogens (tertiary/aromatic N) is 4. The van der Waals surface area contributed by atoms with Crippen molar-refractivity contribution < 1.29 is 4.74 Å². The van der Waals surface area contributed by atoms with E-state index in [0.717, 1.165) is 37.1 Å². The van der Waals surface area contributed by atoms with Crippen molar-refractivity contribution >= 4 is 28.6 Å². The van der Waals surface area contributed by atoms with E-state index in [1.807, 2.05) is 29.8 Å². The van der Waals surface area contributed by atoms with Gasteiger partial charge in [0.2, 0.25) is 5.95 Å². The highest BCUT2D eigenvalue weighted by molar-refractivity contribution is 5.83. The van der Waals surface area contributed by atoms with Gasteiger partial charge in [0, 0.05) is 25.6 Å². The van der Waals surface area contributed by atoms with E-state index < -0.39 is 0 Å². The number of hydrogen-bond acceptors (Lipinski definition) is 8. The molecule has 1 aliphatic rings. The topological polar surface area (TPSA) is 143 Å². The summed E-state index contributed by atoms with van der Waals surface area (Å²) in [5.74, 6) is 2.36. The molecule has 1 fully saturated rings. The quantitative estimate of drug-likeness (QED) is 0.478. The van der Waals surface area contributed by atoms with Crippen LogP contribution in [0.3, 0.4) is 0 Å². The van der Waals surface area contributed by atoms with Crippen LogP contribution in [0.2, 0.25) is 0 Å². The van der Waals surface area contributed by atoms with Crippen molar-refractivity contribution in [3.8, 4) is 5.75 Å². The first-order valence-corrected chi connectivity index (χ1v) is 9.88. The standard InChI is InChI=1S/C20H28N8O/c1-28-15(10-11-4-3-5-14(29-2)16(11)22)25-17-18(23)26-20(27-19(17)28)24-13-8-6-12(21)7-9-13/h3-5,12-13H,6-10,21-22H2,1-2H3,(H3,23,24,26,27). The van der Waals surface area contributed by atoms with Gasteiger partial charge < -0.3 is 31.8 Å². The van der Waals surface area contributed by atoms with Crippen LogP contribution in [0, 0.1) is 0 Å². The summed E-state index contributed by atoms with van der Waals surface area (Å²) in [6.45, 7) is 0. The second-order valence-electron chi connectivity index (χ2n) is 7.66. The van der Waals surface area contributed by atoms with Gasteiger partial charge in [0.15, 0.2) is 17.0 Å². The summed E-state index contributed by atoms with van der Waals surface area (Å²) >= 11 is 0. The fourth-order valence-electron chi connectivity index (χ4n) is 3.89. The molecule has 9 nitrogen and oxygen atoms in total. The third-order valence-electron chi connectivity index (χ3n) is 5.67. The Morgan fingerprint density at radius 3 is 2.62 bits per heavy atom. The lowest BCUT2D eigenvalue weighted by molar-refractivity contribution is 0.410. The van der Waals surface area contributed by atoms with Crippen LogP contribution >= 0.6 is 0 Å². The molecule has 29 heavy (non-hydrogen) atoms. The maximum absolute atomic E-state index is 6.22. The summed E-state index contributed by atoms with van der Waals surface area (Å²) in [6.07, 6.45) is 4.57. The van der Waals surface area contributed by atoms with Crippen LogP contribution in [0.1, 0.15) is 37.1 Å². The van der Waals surface area contributed by atoms with E-state index in [4.69, 9.17) is 21.9 Å². The zero-order valence-electron chi connectivity index (χ0n) is 16.9. The highest BCUT2D eigenvalue weighted by atomic mass is 16.5. The van der Waals surface area contributed by atoms with Crippen molar-refractivity contribution in [3.05, 3.63) is 29.6 Å². The molecule has 154 valence electrons. The molecule has 1 saturated carbocycles. The highest BCUT2D eigenvalue weighted by Crippen LogP contribution is 2.28. The molecule has 0 atom stereocenters.